The second kappa shape index (κ2) is 5.53. The molecular formula is C18H15FN2O. The van der Waals surface area contributed by atoms with Gasteiger partial charge in [-0.25, -0.2) is 4.39 Å². The predicted octanol–water partition coefficient (Wildman–Crippen LogP) is 4.36. The topological polar surface area (TPSA) is 48.8 Å². The highest BCUT2D eigenvalue weighted by molar-refractivity contribution is 5.91. The molecule has 0 unspecified atom stereocenters. The molecule has 0 fully saturated rings. The van der Waals surface area contributed by atoms with E-state index in [0.717, 1.165) is 39.0 Å². The number of methoxy groups -OCH3 is 1. The molecule has 0 aliphatic carbocycles. The van der Waals surface area contributed by atoms with E-state index in [1.165, 1.54) is 12.1 Å². The molecule has 0 aliphatic rings. The molecular weight excluding hydrogens is 279 g/mol. The molecule has 0 saturated heterocycles. The van der Waals surface area contributed by atoms with Crippen LogP contribution >= 0.6 is 0 Å². The van der Waals surface area contributed by atoms with E-state index in [1.807, 2.05) is 25.1 Å². The molecule has 0 radical (unpaired) electrons. The first kappa shape index (κ1) is 14.2. The number of ether oxygens (including phenoxy) is 1. The molecule has 0 spiro atoms. The van der Waals surface area contributed by atoms with Crippen LogP contribution in [0.15, 0.2) is 36.4 Å². The third-order valence-electron chi connectivity index (χ3n) is 3.81. The Labute approximate surface area is 128 Å². The smallest absolute Gasteiger partial charge is 0.123 e. The lowest BCUT2D eigenvalue weighted by Gasteiger charge is -2.07. The summed E-state index contributed by atoms with van der Waals surface area (Å²) in [7, 11) is 1.63. The van der Waals surface area contributed by atoms with Crippen molar-refractivity contribution in [2.45, 2.75) is 13.3 Å². The molecule has 1 N–H and O–H groups in total. The summed E-state index contributed by atoms with van der Waals surface area (Å²) in [6, 6.07) is 12.6. The number of H-pyrrole nitrogens is 1. The van der Waals surface area contributed by atoms with Gasteiger partial charge in [0.25, 0.3) is 0 Å². The lowest BCUT2D eigenvalue weighted by atomic mass is 10.0. The molecule has 0 atom stereocenters. The zero-order valence-corrected chi connectivity index (χ0v) is 12.4. The van der Waals surface area contributed by atoms with Crippen LogP contribution in [-0.2, 0) is 6.42 Å². The van der Waals surface area contributed by atoms with E-state index in [9.17, 15) is 4.39 Å². The lowest BCUT2D eigenvalue weighted by molar-refractivity contribution is 0.412. The standard InChI is InChI=1S/C18H15FN2O/c1-11-9-12(3-6-17(11)22-2)18-14(7-8-20)15-10-13(19)4-5-16(15)21-18/h3-6,9-10,21H,7H2,1-2H3. The summed E-state index contributed by atoms with van der Waals surface area (Å²) >= 11 is 0. The van der Waals surface area contributed by atoms with Gasteiger partial charge in [0, 0.05) is 10.9 Å². The summed E-state index contributed by atoms with van der Waals surface area (Å²) in [5, 5.41) is 9.85. The number of benzene rings is 2. The first-order chi connectivity index (χ1) is 10.6. The maximum absolute atomic E-state index is 13.5. The maximum atomic E-state index is 13.5. The Kier molecular flexibility index (Phi) is 3.56. The lowest BCUT2D eigenvalue weighted by Crippen LogP contribution is -1.90. The van der Waals surface area contributed by atoms with Crippen LogP contribution in [0.4, 0.5) is 4.39 Å². The number of aromatic amines is 1. The Morgan fingerprint density at radius 2 is 2.05 bits per heavy atom. The zero-order chi connectivity index (χ0) is 15.7. The molecule has 2 aromatic carbocycles. The fourth-order valence-corrected chi connectivity index (χ4v) is 2.76. The number of fused-ring (bicyclic) bond motifs is 1. The SMILES string of the molecule is COc1ccc(-c2[nH]c3ccc(F)cc3c2CC#N)cc1C. The molecule has 3 rings (SSSR count). The van der Waals surface area contributed by atoms with Gasteiger partial charge in [-0.05, 0) is 60.0 Å². The average Bonchev–Trinajstić information content (AvgIpc) is 2.86. The highest BCUT2D eigenvalue weighted by Gasteiger charge is 2.14. The minimum atomic E-state index is -0.303. The number of halogens is 1. The summed E-state index contributed by atoms with van der Waals surface area (Å²) in [5.74, 6) is 0.510. The fraction of sp³-hybridized carbons (Fsp3) is 0.167. The van der Waals surface area contributed by atoms with Crippen molar-refractivity contribution in [3.8, 4) is 23.1 Å². The number of aromatic nitrogens is 1. The van der Waals surface area contributed by atoms with Gasteiger partial charge in [-0.15, -0.1) is 0 Å². The van der Waals surface area contributed by atoms with Gasteiger partial charge in [-0.1, -0.05) is 0 Å². The van der Waals surface area contributed by atoms with Crippen LogP contribution in [0.5, 0.6) is 5.75 Å². The van der Waals surface area contributed by atoms with Gasteiger partial charge in [0.2, 0.25) is 0 Å². The molecule has 0 saturated carbocycles. The Balaban J connectivity index is 2.24. The van der Waals surface area contributed by atoms with Gasteiger partial charge in [0.15, 0.2) is 0 Å². The van der Waals surface area contributed by atoms with Crippen LogP contribution in [0, 0.1) is 24.1 Å². The first-order valence-corrected chi connectivity index (χ1v) is 6.96. The maximum Gasteiger partial charge on any atom is 0.123 e. The Morgan fingerprint density at radius 1 is 1.23 bits per heavy atom. The number of nitriles is 1. The van der Waals surface area contributed by atoms with Crippen LogP contribution in [0.2, 0.25) is 0 Å². The van der Waals surface area contributed by atoms with Crippen LogP contribution < -0.4 is 4.74 Å². The Hall–Kier alpha value is -2.80. The van der Waals surface area contributed by atoms with Gasteiger partial charge in [-0.3, -0.25) is 0 Å². The van der Waals surface area contributed by atoms with Crippen molar-refractivity contribution in [3.63, 3.8) is 0 Å². The van der Waals surface area contributed by atoms with Gasteiger partial charge in [0.05, 0.1) is 25.3 Å². The highest BCUT2D eigenvalue weighted by atomic mass is 19.1. The van der Waals surface area contributed by atoms with Crippen molar-refractivity contribution in [2.75, 3.05) is 7.11 Å². The number of nitrogens with zero attached hydrogens (tertiary/aromatic N) is 1. The van der Waals surface area contributed by atoms with E-state index in [2.05, 4.69) is 11.1 Å². The monoisotopic (exact) mass is 294 g/mol. The average molecular weight is 294 g/mol. The largest absolute Gasteiger partial charge is 0.496 e. The van der Waals surface area contributed by atoms with Gasteiger partial charge >= 0.3 is 0 Å². The molecule has 0 amide bonds. The second-order valence-electron chi connectivity index (χ2n) is 5.19. The van der Waals surface area contributed by atoms with Gasteiger partial charge in [-0.2, -0.15) is 5.26 Å². The summed E-state index contributed by atoms with van der Waals surface area (Å²) < 4.78 is 18.8. The minimum absolute atomic E-state index is 0.226. The van der Waals surface area contributed by atoms with Crippen molar-refractivity contribution in [1.82, 2.24) is 4.98 Å². The van der Waals surface area contributed by atoms with Crippen molar-refractivity contribution < 1.29 is 9.13 Å². The summed E-state index contributed by atoms with van der Waals surface area (Å²) in [6.07, 6.45) is 0.226. The fourth-order valence-electron chi connectivity index (χ4n) is 2.76. The number of aryl methyl sites for hydroxylation is 1. The molecule has 3 aromatic rings. The van der Waals surface area contributed by atoms with Crippen LogP contribution in [0.3, 0.4) is 0 Å². The van der Waals surface area contributed by atoms with E-state index in [1.54, 1.807) is 13.2 Å². The van der Waals surface area contributed by atoms with E-state index >= 15 is 0 Å². The second-order valence-corrected chi connectivity index (χ2v) is 5.19. The predicted molar refractivity (Wildman–Crippen MR) is 84.3 cm³/mol. The molecule has 22 heavy (non-hydrogen) atoms. The van der Waals surface area contributed by atoms with E-state index in [4.69, 9.17) is 10.00 Å². The van der Waals surface area contributed by atoms with Gasteiger partial charge < -0.3 is 9.72 Å². The van der Waals surface area contributed by atoms with Gasteiger partial charge in [0.1, 0.15) is 11.6 Å². The normalized spacial score (nSPS) is 10.6. The molecule has 0 aliphatic heterocycles. The van der Waals surface area contributed by atoms with Crippen molar-refractivity contribution >= 4 is 10.9 Å². The zero-order valence-electron chi connectivity index (χ0n) is 12.4. The first-order valence-electron chi connectivity index (χ1n) is 6.96. The van der Waals surface area contributed by atoms with E-state index in [-0.39, 0.29) is 12.2 Å². The third-order valence-corrected chi connectivity index (χ3v) is 3.81. The summed E-state index contributed by atoms with van der Waals surface area (Å²) in [4.78, 5) is 3.30. The molecule has 110 valence electrons. The minimum Gasteiger partial charge on any atom is -0.496 e. The molecule has 0 bridgehead atoms. The van der Waals surface area contributed by atoms with E-state index < -0.39 is 0 Å². The number of hydrogen-bond acceptors (Lipinski definition) is 2. The molecule has 4 heteroatoms. The third kappa shape index (κ3) is 2.31. The van der Waals surface area contributed by atoms with Crippen molar-refractivity contribution in [1.29, 1.82) is 5.26 Å². The quantitative estimate of drug-likeness (QED) is 0.780. The van der Waals surface area contributed by atoms with Crippen molar-refractivity contribution in [2.24, 2.45) is 0 Å². The molecule has 1 heterocycles. The Morgan fingerprint density at radius 3 is 2.73 bits per heavy atom. The molecule has 3 nitrogen and oxygen atoms in total. The van der Waals surface area contributed by atoms with Crippen LogP contribution in [-0.4, -0.2) is 12.1 Å². The van der Waals surface area contributed by atoms with Crippen LogP contribution in [0.25, 0.3) is 22.2 Å². The number of hydrogen-bond donors (Lipinski definition) is 1. The summed E-state index contributed by atoms with van der Waals surface area (Å²) in [6.45, 7) is 1.97. The van der Waals surface area contributed by atoms with Crippen molar-refractivity contribution in [3.05, 3.63) is 53.3 Å². The van der Waals surface area contributed by atoms with E-state index in [0.29, 0.717) is 0 Å². The molecule has 1 aromatic heterocycles. The summed E-state index contributed by atoms with van der Waals surface area (Å²) in [5.41, 5.74) is 4.47. The highest BCUT2D eigenvalue weighted by Crippen LogP contribution is 2.33. The number of rotatable bonds is 3. The van der Waals surface area contributed by atoms with Crippen LogP contribution in [0.1, 0.15) is 11.1 Å². The number of nitrogens with one attached hydrogen (secondary N) is 1. The Bertz CT molecular complexity index is 890.